The number of likely N-dealkylation sites (tertiary alicyclic amines) is 1. The smallest absolute Gasteiger partial charge is 0.337 e. The first-order valence-corrected chi connectivity index (χ1v) is 9.35. The molecule has 0 saturated carbocycles. The van der Waals surface area contributed by atoms with E-state index < -0.39 is 29.7 Å². The predicted molar refractivity (Wildman–Crippen MR) is 95.6 cm³/mol. The summed E-state index contributed by atoms with van der Waals surface area (Å²) in [6, 6.07) is 9.55. The monoisotopic (exact) mass is 384 g/mol. The van der Waals surface area contributed by atoms with Crippen molar-refractivity contribution in [3.63, 3.8) is 0 Å². The van der Waals surface area contributed by atoms with Gasteiger partial charge in [0.15, 0.2) is 0 Å². The van der Waals surface area contributed by atoms with Crippen LogP contribution in [0.2, 0.25) is 0 Å². The molecule has 1 fully saturated rings. The van der Waals surface area contributed by atoms with Crippen LogP contribution in [0.25, 0.3) is 0 Å². The molecule has 2 atom stereocenters. The molecule has 3 heterocycles. The van der Waals surface area contributed by atoms with Crippen LogP contribution >= 0.6 is 11.3 Å². The van der Waals surface area contributed by atoms with E-state index in [1.165, 1.54) is 28.4 Å². The van der Waals surface area contributed by atoms with Crippen molar-refractivity contribution in [1.82, 2.24) is 9.96 Å². The highest BCUT2D eigenvalue weighted by Crippen LogP contribution is 2.39. The van der Waals surface area contributed by atoms with Crippen molar-refractivity contribution in [3.05, 3.63) is 57.8 Å². The molecule has 1 aromatic heterocycles. The van der Waals surface area contributed by atoms with Gasteiger partial charge in [0, 0.05) is 18.3 Å². The van der Waals surface area contributed by atoms with E-state index in [2.05, 4.69) is 0 Å². The maximum atomic E-state index is 12.9. The van der Waals surface area contributed by atoms with Gasteiger partial charge in [-0.1, -0.05) is 23.3 Å². The van der Waals surface area contributed by atoms with Gasteiger partial charge in [0.1, 0.15) is 0 Å². The number of amides is 3. The molecular weight excluding hydrogens is 368 g/mol. The van der Waals surface area contributed by atoms with E-state index in [4.69, 9.17) is 4.84 Å². The fraction of sp³-hybridized carbons (Fsp3) is 0.263. The van der Waals surface area contributed by atoms with E-state index in [1.807, 2.05) is 17.5 Å². The van der Waals surface area contributed by atoms with Gasteiger partial charge in [0.05, 0.1) is 23.1 Å². The number of imide groups is 1. The zero-order valence-electron chi connectivity index (χ0n) is 14.5. The van der Waals surface area contributed by atoms with Crippen LogP contribution in [-0.4, -0.2) is 40.7 Å². The Kier molecular flexibility index (Phi) is 4.27. The number of nitrogens with zero attached hydrogens (tertiary/aromatic N) is 2. The van der Waals surface area contributed by atoms with Crippen LogP contribution in [0.4, 0.5) is 0 Å². The molecule has 0 bridgehead atoms. The highest BCUT2D eigenvalue weighted by Gasteiger charge is 2.44. The second-order valence-electron chi connectivity index (χ2n) is 6.47. The third-order valence-corrected chi connectivity index (χ3v) is 5.88. The molecule has 138 valence electrons. The number of carbonyl (C=O) groups is 4. The van der Waals surface area contributed by atoms with Crippen LogP contribution < -0.4 is 0 Å². The number of carbonyl (C=O) groups excluding carboxylic acids is 4. The number of piperidine rings is 1. The van der Waals surface area contributed by atoms with Gasteiger partial charge in [-0.25, -0.2) is 4.79 Å². The van der Waals surface area contributed by atoms with Crippen LogP contribution in [0, 0.1) is 5.92 Å². The van der Waals surface area contributed by atoms with E-state index in [-0.39, 0.29) is 23.5 Å². The van der Waals surface area contributed by atoms with Crippen molar-refractivity contribution >= 4 is 35.0 Å². The summed E-state index contributed by atoms with van der Waals surface area (Å²) in [5.74, 6) is -2.72. The number of rotatable bonds is 3. The second-order valence-corrected chi connectivity index (χ2v) is 7.45. The Morgan fingerprint density at radius 1 is 1.07 bits per heavy atom. The number of hydrogen-bond donors (Lipinski definition) is 0. The maximum absolute atomic E-state index is 12.9. The van der Waals surface area contributed by atoms with Crippen molar-refractivity contribution in [1.29, 1.82) is 0 Å². The van der Waals surface area contributed by atoms with Crippen LogP contribution in [-0.2, 0) is 14.4 Å². The van der Waals surface area contributed by atoms with E-state index in [0.29, 0.717) is 11.5 Å². The van der Waals surface area contributed by atoms with Crippen LogP contribution in [0.1, 0.15) is 44.5 Å². The second kappa shape index (κ2) is 6.62. The largest absolute Gasteiger partial charge is 0.338 e. The molecule has 4 rings (SSSR count). The quantitative estimate of drug-likeness (QED) is 0.759. The van der Waals surface area contributed by atoms with Crippen molar-refractivity contribution in [3.8, 4) is 0 Å². The SMILES string of the molecule is CN1C(=O)CCC(C(=O)ON2C(=O)c3ccccc3C2=O)C1c1cccs1. The average Bonchev–Trinajstić information content (AvgIpc) is 3.27. The van der Waals surface area contributed by atoms with Gasteiger partial charge in [-0.15, -0.1) is 11.3 Å². The predicted octanol–water partition coefficient (Wildman–Crippen LogP) is 2.41. The molecule has 7 nitrogen and oxygen atoms in total. The minimum atomic E-state index is -0.692. The van der Waals surface area contributed by atoms with Crippen LogP contribution in [0.5, 0.6) is 0 Å². The molecule has 1 saturated heterocycles. The zero-order chi connectivity index (χ0) is 19.1. The Hall–Kier alpha value is -3.00. The molecule has 2 aliphatic rings. The van der Waals surface area contributed by atoms with Gasteiger partial charge in [0.25, 0.3) is 11.8 Å². The van der Waals surface area contributed by atoms with Gasteiger partial charge in [-0.05, 0) is 30.0 Å². The van der Waals surface area contributed by atoms with Gasteiger partial charge < -0.3 is 9.74 Å². The summed E-state index contributed by atoms with van der Waals surface area (Å²) in [4.78, 5) is 57.4. The summed E-state index contributed by atoms with van der Waals surface area (Å²) >= 11 is 1.44. The van der Waals surface area contributed by atoms with Crippen LogP contribution in [0.3, 0.4) is 0 Å². The summed E-state index contributed by atoms with van der Waals surface area (Å²) in [5.41, 5.74) is 0.419. The Bertz CT molecular complexity index is 904. The Morgan fingerprint density at radius 3 is 2.33 bits per heavy atom. The van der Waals surface area contributed by atoms with Gasteiger partial charge in [0.2, 0.25) is 5.91 Å². The fourth-order valence-corrected chi connectivity index (χ4v) is 4.47. The molecule has 2 aliphatic heterocycles. The lowest BCUT2D eigenvalue weighted by Crippen LogP contribution is -2.45. The lowest BCUT2D eigenvalue weighted by Gasteiger charge is -2.37. The van der Waals surface area contributed by atoms with Gasteiger partial charge in [-0.3, -0.25) is 14.4 Å². The lowest BCUT2D eigenvalue weighted by molar-refractivity contribution is -0.178. The van der Waals surface area contributed by atoms with E-state index in [0.717, 1.165) is 4.88 Å². The molecule has 2 unspecified atom stereocenters. The summed E-state index contributed by atoms with van der Waals surface area (Å²) in [6.07, 6.45) is 0.508. The standard InChI is InChI=1S/C19H16N2O5S/c1-20-15(22)9-8-13(16(20)14-7-4-10-27-14)19(25)26-21-17(23)11-5-2-3-6-12(11)18(21)24/h2-7,10,13,16H,8-9H2,1H3. The first-order valence-electron chi connectivity index (χ1n) is 8.47. The number of hydrogen-bond acceptors (Lipinski definition) is 6. The highest BCUT2D eigenvalue weighted by molar-refractivity contribution is 7.10. The first kappa shape index (κ1) is 17.4. The topological polar surface area (TPSA) is 84.0 Å². The van der Waals surface area contributed by atoms with Crippen molar-refractivity contribution in [2.75, 3.05) is 7.05 Å². The average molecular weight is 384 g/mol. The number of thiophene rings is 1. The molecule has 3 amide bonds. The number of benzene rings is 1. The van der Waals surface area contributed by atoms with E-state index in [9.17, 15) is 19.2 Å². The molecule has 0 spiro atoms. The Labute approximate surface area is 159 Å². The fourth-order valence-electron chi connectivity index (χ4n) is 3.54. The normalized spacial score (nSPS) is 22.2. The summed E-state index contributed by atoms with van der Waals surface area (Å²) in [7, 11) is 1.65. The lowest BCUT2D eigenvalue weighted by atomic mass is 9.88. The highest BCUT2D eigenvalue weighted by atomic mass is 32.1. The number of hydroxylamine groups is 2. The molecule has 0 N–H and O–H groups in total. The molecule has 0 radical (unpaired) electrons. The van der Waals surface area contributed by atoms with Crippen molar-refractivity contribution in [2.24, 2.45) is 5.92 Å². The molecular formula is C19H16N2O5S. The molecule has 2 aromatic rings. The molecule has 1 aromatic carbocycles. The van der Waals surface area contributed by atoms with Gasteiger partial charge in [-0.2, -0.15) is 0 Å². The zero-order valence-corrected chi connectivity index (χ0v) is 15.3. The third kappa shape index (κ3) is 2.82. The van der Waals surface area contributed by atoms with E-state index in [1.54, 1.807) is 19.2 Å². The van der Waals surface area contributed by atoms with Crippen LogP contribution in [0.15, 0.2) is 41.8 Å². The molecule has 27 heavy (non-hydrogen) atoms. The summed E-state index contributed by atoms with van der Waals surface area (Å²) in [5, 5.41) is 2.39. The maximum Gasteiger partial charge on any atom is 0.338 e. The van der Waals surface area contributed by atoms with Crippen molar-refractivity contribution < 1.29 is 24.0 Å². The minimum Gasteiger partial charge on any atom is -0.337 e. The molecule has 0 aliphatic carbocycles. The first-order chi connectivity index (χ1) is 13.0. The summed E-state index contributed by atoms with van der Waals surface area (Å²) < 4.78 is 0. The third-order valence-electron chi connectivity index (χ3n) is 4.94. The Morgan fingerprint density at radius 2 is 1.74 bits per heavy atom. The summed E-state index contributed by atoms with van der Waals surface area (Å²) in [6.45, 7) is 0. The van der Waals surface area contributed by atoms with Gasteiger partial charge >= 0.3 is 5.97 Å². The molecule has 8 heteroatoms. The number of fused-ring (bicyclic) bond motifs is 1. The minimum absolute atomic E-state index is 0.0572. The van der Waals surface area contributed by atoms with Crippen molar-refractivity contribution in [2.45, 2.75) is 18.9 Å². The van der Waals surface area contributed by atoms with E-state index >= 15 is 0 Å². The Balaban J connectivity index is 1.58.